The molecular weight excluding hydrogens is 295 g/mol. The molecule has 0 saturated carbocycles. The van der Waals surface area contributed by atoms with Gasteiger partial charge in [0.25, 0.3) is 0 Å². The van der Waals surface area contributed by atoms with Crippen LogP contribution in [0.1, 0.15) is 18.9 Å². The molecule has 1 rings (SSSR count). The Bertz CT molecular complexity index is 413. The summed E-state index contributed by atoms with van der Waals surface area (Å²) in [5.74, 6) is 0. The highest BCUT2D eigenvalue weighted by Crippen LogP contribution is 2.33. The van der Waals surface area contributed by atoms with E-state index in [2.05, 4.69) is 27.8 Å². The Balaban J connectivity index is 2.88. The van der Waals surface area contributed by atoms with Crippen molar-refractivity contribution in [3.63, 3.8) is 0 Å². The fourth-order valence-corrected chi connectivity index (χ4v) is 1.57. The van der Waals surface area contributed by atoms with E-state index in [1.165, 1.54) is 6.07 Å². The van der Waals surface area contributed by atoms with Crippen LogP contribution in [0.25, 0.3) is 0 Å². The number of nitrogens with one attached hydrogen (secondary N) is 1. The van der Waals surface area contributed by atoms with Crippen LogP contribution in [0.3, 0.4) is 0 Å². The average molecular weight is 308 g/mol. The molecule has 0 aromatic heterocycles. The van der Waals surface area contributed by atoms with E-state index < -0.39 is 11.7 Å². The zero-order valence-electron chi connectivity index (χ0n) is 9.37. The summed E-state index contributed by atoms with van der Waals surface area (Å²) in [5, 5.41) is 2.93. The molecule has 94 valence electrons. The molecule has 0 amide bonds. The van der Waals surface area contributed by atoms with Gasteiger partial charge in [-0.25, -0.2) is 0 Å². The molecule has 1 aromatic rings. The lowest BCUT2D eigenvalue weighted by Crippen LogP contribution is -2.08. The highest BCUT2D eigenvalue weighted by Gasteiger charge is 2.30. The topological polar surface area (TPSA) is 12.0 Å². The predicted octanol–water partition coefficient (Wildman–Crippen LogP) is 4.85. The molecule has 1 N–H and O–H groups in total. The smallest absolute Gasteiger partial charge is 0.380 e. The Labute approximate surface area is 107 Å². The minimum Gasteiger partial charge on any atom is -0.380 e. The first-order valence-corrected chi connectivity index (χ1v) is 5.91. The summed E-state index contributed by atoms with van der Waals surface area (Å²) in [6.45, 7) is 6.21. The molecule has 17 heavy (non-hydrogen) atoms. The Hall–Kier alpha value is -0.970. The number of alkyl halides is 3. The second-order valence-electron chi connectivity index (χ2n) is 3.65. The van der Waals surface area contributed by atoms with Gasteiger partial charge in [0.1, 0.15) is 0 Å². The van der Waals surface area contributed by atoms with Crippen LogP contribution in [0.5, 0.6) is 0 Å². The van der Waals surface area contributed by atoms with E-state index in [4.69, 9.17) is 0 Å². The molecule has 0 aliphatic heterocycles. The van der Waals surface area contributed by atoms with Crippen molar-refractivity contribution in [3.8, 4) is 0 Å². The lowest BCUT2D eigenvalue weighted by Gasteiger charge is -2.13. The van der Waals surface area contributed by atoms with Crippen LogP contribution in [0.4, 0.5) is 18.9 Å². The van der Waals surface area contributed by atoms with Gasteiger partial charge in [-0.1, -0.05) is 19.1 Å². The fraction of sp³-hybridized carbons (Fsp3) is 0.333. The fourth-order valence-electron chi connectivity index (χ4n) is 1.18. The molecule has 0 aliphatic rings. The SMILES string of the molecule is C=C(CC)CNc1cc(C(F)(F)F)ccc1Br. The molecule has 0 bridgehead atoms. The van der Waals surface area contributed by atoms with Gasteiger partial charge in [0.05, 0.1) is 5.56 Å². The van der Waals surface area contributed by atoms with Gasteiger partial charge in [0, 0.05) is 16.7 Å². The van der Waals surface area contributed by atoms with Gasteiger partial charge >= 0.3 is 6.18 Å². The van der Waals surface area contributed by atoms with E-state index in [1.807, 2.05) is 6.92 Å². The number of rotatable bonds is 4. The van der Waals surface area contributed by atoms with Gasteiger partial charge in [0.15, 0.2) is 0 Å². The number of hydrogen-bond donors (Lipinski definition) is 1. The van der Waals surface area contributed by atoms with E-state index in [-0.39, 0.29) is 0 Å². The summed E-state index contributed by atoms with van der Waals surface area (Å²) in [6, 6.07) is 3.52. The summed E-state index contributed by atoms with van der Waals surface area (Å²) in [4.78, 5) is 0. The lowest BCUT2D eigenvalue weighted by atomic mass is 10.2. The van der Waals surface area contributed by atoms with Crippen molar-refractivity contribution in [2.75, 3.05) is 11.9 Å². The standard InChI is InChI=1S/C12H13BrF3N/c1-3-8(2)7-17-11-6-9(12(14,15)16)4-5-10(11)13/h4-6,17H,2-3,7H2,1H3. The molecule has 1 nitrogen and oxygen atoms in total. The van der Waals surface area contributed by atoms with Crippen molar-refractivity contribution in [2.24, 2.45) is 0 Å². The van der Waals surface area contributed by atoms with Crippen LogP contribution in [-0.4, -0.2) is 6.54 Å². The molecule has 0 spiro atoms. The first-order chi connectivity index (χ1) is 7.84. The van der Waals surface area contributed by atoms with Crippen LogP contribution in [0.2, 0.25) is 0 Å². The quantitative estimate of drug-likeness (QED) is 0.784. The molecule has 0 atom stereocenters. The van der Waals surface area contributed by atoms with Gasteiger partial charge in [-0.2, -0.15) is 13.2 Å². The highest BCUT2D eigenvalue weighted by molar-refractivity contribution is 9.10. The second kappa shape index (κ2) is 5.58. The minimum atomic E-state index is -4.32. The maximum absolute atomic E-state index is 12.5. The largest absolute Gasteiger partial charge is 0.416 e. The van der Waals surface area contributed by atoms with E-state index in [1.54, 1.807) is 0 Å². The van der Waals surface area contributed by atoms with Crippen molar-refractivity contribution < 1.29 is 13.2 Å². The molecule has 0 saturated heterocycles. The number of anilines is 1. The molecule has 0 unspecified atom stereocenters. The van der Waals surface area contributed by atoms with Gasteiger partial charge < -0.3 is 5.32 Å². The van der Waals surface area contributed by atoms with Crippen LogP contribution >= 0.6 is 15.9 Å². The molecule has 5 heteroatoms. The molecular formula is C12H13BrF3N. The average Bonchev–Trinajstić information content (AvgIpc) is 2.26. The summed E-state index contributed by atoms with van der Waals surface area (Å²) in [6.07, 6.45) is -3.53. The third kappa shape index (κ3) is 4.07. The lowest BCUT2D eigenvalue weighted by molar-refractivity contribution is -0.137. The van der Waals surface area contributed by atoms with Gasteiger partial charge in [-0.3, -0.25) is 0 Å². The van der Waals surface area contributed by atoms with E-state index in [0.29, 0.717) is 16.7 Å². The van der Waals surface area contributed by atoms with Crippen LogP contribution in [0.15, 0.2) is 34.8 Å². The minimum absolute atomic E-state index is 0.425. The molecule has 1 aromatic carbocycles. The number of benzene rings is 1. The number of halogens is 4. The molecule has 0 radical (unpaired) electrons. The highest BCUT2D eigenvalue weighted by atomic mass is 79.9. The third-order valence-electron chi connectivity index (χ3n) is 2.32. The van der Waals surface area contributed by atoms with Gasteiger partial charge in [-0.05, 0) is 40.5 Å². The van der Waals surface area contributed by atoms with Crippen LogP contribution in [-0.2, 0) is 6.18 Å². The second-order valence-corrected chi connectivity index (χ2v) is 4.50. The van der Waals surface area contributed by atoms with Crippen LogP contribution < -0.4 is 5.32 Å². The summed E-state index contributed by atoms with van der Waals surface area (Å²) >= 11 is 3.21. The maximum atomic E-state index is 12.5. The normalized spacial score (nSPS) is 11.4. The Kier molecular flexibility index (Phi) is 4.62. The first-order valence-electron chi connectivity index (χ1n) is 5.12. The predicted molar refractivity (Wildman–Crippen MR) is 67.1 cm³/mol. The maximum Gasteiger partial charge on any atom is 0.416 e. The Morgan fingerprint density at radius 3 is 2.59 bits per heavy atom. The Morgan fingerprint density at radius 1 is 1.41 bits per heavy atom. The van der Waals surface area contributed by atoms with E-state index in [9.17, 15) is 13.2 Å². The molecule has 0 fully saturated rings. The third-order valence-corrected chi connectivity index (χ3v) is 3.01. The van der Waals surface area contributed by atoms with Crippen LogP contribution in [0, 0.1) is 0 Å². The molecule has 0 aliphatic carbocycles. The summed E-state index contributed by atoms with van der Waals surface area (Å²) in [5.41, 5.74) is 0.703. The summed E-state index contributed by atoms with van der Waals surface area (Å²) < 4.78 is 38.1. The van der Waals surface area contributed by atoms with E-state index >= 15 is 0 Å². The monoisotopic (exact) mass is 307 g/mol. The van der Waals surface area contributed by atoms with Crippen molar-refractivity contribution in [2.45, 2.75) is 19.5 Å². The summed E-state index contributed by atoms with van der Waals surface area (Å²) in [7, 11) is 0. The zero-order chi connectivity index (χ0) is 13.1. The zero-order valence-corrected chi connectivity index (χ0v) is 11.0. The number of hydrogen-bond acceptors (Lipinski definition) is 1. The van der Waals surface area contributed by atoms with Gasteiger partial charge in [0.2, 0.25) is 0 Å². The van der Waals surface area contributed by atoms with Crippen molar-refractivity contribution >= 4 is 21.6 Å². The van der Waals surface area contributed by atoms with Crippen molar-refractivity contribution in [1.82, 2.24) is 0 Å². The van der Waals surface area contributed by atoms with Crippen molar-refractivity contribution in [3.05, 3.63) is 40.4 Å². The van der Waals surface area contributed by atoms with Gasteiger partial charge in [-0.15, -0.1) is 0 Å². The molecule has 0 heterocycles. The van der Waals surface area contributed by atoms with Crippen molar-refractivity contribution in [1.29, 1.82) is 0 Å². The Morgan fingerprint density at radius 2 is 2.06 bits per heavy atom. The first kappa shape index (κ1) is 14.1. The van der Waals surface area contributed by atoms with E-state index in [0.717, 1.165) is 24.1 Å².